The minimum Gasteiger partial charge on any atom is -0.846 e. The minimum atomic E-state index is -0.305. The lowest BCUT2D eigenvalue weighted by atomic mass is 10.0. The maximum atomic E-state index is 12.6. The number of hydrogen-bond acceptors (Lipinski definition) is 6. The fraction of sp³-hybridized carbons (Fsp3) is 0.211. The van der Waals surface area contributed by atoms with Crippen molar-refractivity contribution in [2.45, 2.75) is 19.9 Å². The fourth-order valence-corrected chi connectivity index (χ4v) is 3.66. The average molecular weight is 347 g/mol. The SMILES string of the molecule is Cc1noc(C)c1-c1ccc2nc([O-])n3c2c1OC[C@@H]3c1ccccn1. The second-order valence-electron chi connectivity index (χ2n) is 6.35. The van der Waals surface area contributed by atoms with E-state index >= 15 is 0 Å². The van der Waals surface area contributed by atoms with Crippen LogP contribution in [0.5, 0.6) is 11.8 Å². The quantitative estimate of drug-likeness (QED) is 0.554. The number of hydrogen-bond donors (Lipinski definition) is 0. The highest BCUT2D eigenvalue weighted by Gasteiger charge is 2.29. The number of ether oxygens (including phenoxy) is 1. The van der Waals surface area contributed by atoms with E-state index in [-0.39, 0.29) is 12.1 Å². The van der Waals surface area contributed by atoms with Crippen molar-refractivity contribution in [2.75, 3.05) is 6.61 Å². The first-order valence-corrected chi connectivity index (χ1v) is 8.34. The number of benzene rings is 1. The standard InChI is InChI=1S/C19H16N4O3/c1-10-16(11(2)26-22-10)12-6-7-14-17-18(12)25-9-15(23(17)19(24)21-14)13-5-3-4-8-20-13/h3-8,15H,9H2,1-2H3,(H,21,24)/p-1/t15-/m1/s1. The summed E-state index contributed by atoms with van der Waals surface area (Å²) in [5.41, 5.74) is 4.60. The van der Waals surface area contributed by atoms with Gasteiger partial charge in [-0.1, -0.05) is 11.2 Å². The maximum absolute atomic E-state index is 12.6. The van der Waals surface area contributed by atoms with E-state index in [1.165, 1.54) is 0 Å². The van der Waals surface area contributed by atoms with Crippen LogP contribution in [0.4, 0.5) is 0 Å². The van der Waals surface area contributed by atoms with Gasteiger partial charge in [-0.25, -0.2) is 4.98 Å². The molecule has 0 radical (unpaired) electrons. The Morgan fingerprint density at radius 1 is 1.19 bits per heavy atom. The van der Waals surface area contributed by atoms with Crippen LogP contribution in [0.1, 0.15) is 23.2 Å². The predicted molar refractivity (Wildman–Crippen MR) is 92.0 cm³/mol. The van der Waals surface area contributed by atoms with Gasteiger partial charge in [0.05, 0.1) is 28.5 Å². The summed E-state index contributed by atoms with van der Waals surface area (Å²) in [7, 11) is 0. The smallest absolute Gasteiger partial charge is 0.153 e. The Morgan fingerprint density at radius 3 is 2.81 bits per heavy atom. The lowest BCUT2D eigenvalue weighted by Crippen LogP contribution is -2.25. The van der Waals surface area contributed by atoms with Gasteiger partial charge in [0, 0.05) is 11.8 Å². The van der Waals surface area contributed by atoms with Crippen molar-refractivity contribution in [3.8, 4) is 22.9 Å². The number of imidazole rings is 1. The molecule has 7 nitrogen and oxygen atoms in total. The van der Waals surface area contributed by atoms with Gasteiger partial charge in [0.1, 0.15) is 23.9 Å². The van der Waals surface area contributed by atoms with Crippen LogP contribution in [0, 0.1) is 13.8 Å². The molecule has 0 amide bonds. The monoisotopic (exact) mass is 347 g/mol. The summed E-state index contributed by atoms with van der Waals surface area (Å²) in [6, 6.07) is 8.78. The Hall–Kier alpha value is -3.35. The van der Waals surface area contributed by atoms with E-state index in [9.17, 15) is 5.11 Å². The summed E-state index contributed by atoms with van der Waals surface area (Å²) < 4.78 is 13.1. The molecule has 4 aromatic rings. The third-order valence-electron chi connectivity index (χ3n) is 4.80. The largest absolute Gasteiger partial charge is 0.846 e. The Labute approximate surface area is 148 Å². The lowest BCUT2D eigenvalue weighted by Gasteiger charge is -2.29. The molecule has 130 valence electrons. The zero-order valence-corrected chi connectivity index (χ0v) is 14.3. The zero-order chi connectivity index (χ0) is 17.8. The van der Waals surface area contributed by atoms with Gasteiger partial charge in [0.25, 0.3) is 0 Å². The molecular formula is C19H15N4O3-. The van der Waals surface area contributed by atoms with E-state index in [1.807, 2.05) is 44.2 Å². The summed E-state index contributed by atoms with van der Waals surface area (Å²) in [4.78, 5) is 8.58. The normalized spacial score (nSPS) is 16.0. The molecule has 0 saturated carbocycles. The molecule has 0 spiro atoms. The van der Waals surface area contributed by atoms with Crippen LogP contribution in [0.25, 0.3) is 22.2 Å². The van der Waals surface area contributed by atoms with E-state index in [4.69, 9.17) is 9.26 Å². The summed E-state index contributed by atoms with van der Waals surface area (Å²) in [5.74, 6) is 1.35. The molecule has 1 aliphatic rings. The highest BCUT2D eigenvalue weighted by Crippen LogP contribution is 2.44. The predicted octanol–water partition coefficient (Wildman–Crippen LogP) is 2.76. The lowest BCUT2D eigenvalue weighted by molar-refractivity contribution is -0.285. The molecule has 0 unspecified atom stereocenters. The van der Waals surface area contributed by atoms with Gasteiger partial charge in [0.2, 0.25) is 0 Å². The second kappa shape index (κ2) is 5.32. The first-order valence-electron chi connectivity index (χ1n) is 8.34. The van der Waals surface area contributed by atoms with Crippen molar-refractivity contribution in [3.63, 3.8) is 0 Å². The van der Waals surface area contributed by atoms with Crippen molar-refractivity contribution < 1.29 is 14.4 Å². The number of nitrogens with zero attached hydrogens (tertiary/aromatic N) is 4. The number of rotatable bonds is 2. The van der Waals surface area contributed by atoms with Crippen LogP contribution in [-0.4, -0.2) is 26.3 Å². The highest BCUT2D eigenvalue weighted by atomic mass is 16.5. The summed E-state index contributed by atoms with van der Waals surface area (Å²) in [6.07, 6.45) is 1.71. The maximum Gasteiger partial charge on any atom is 0.153 e. The number of aromatic nitrogens is 4. The Morgan fingerprint density at radius 2 is 2.08 bits per heavy atom. The molecule has 1 atom stereocenters. The molecule has 1 aromatic carbocycles. The molecule has 26 heavy (non-hydrogen) atoms. The van der Waals surface area contributed by atoms with Gasteiger partial charge >= 0.3 is 0 Å². The van der Waals surface area contributed by atoms with Crippen molar-refractivity contribution in [1.29, 1.82) is 0 Å². The first kappa shape index (κ1) is 14.9. The molecule has 3 aromatic heterocycles. The van der Waals surface area contributed by atoms with Crippen LogP contribution in [0.15, 0.2) is 41.1 Å². The topological polar surface area (TPSA) is 89.0 Å². The van der Waals surface area contributed by atoms with E-state index in [0.717, 1.165) is 22.5 Å². The van der Waals surface area contributed by atoms with Crippen molar-refractivity contribution in [1.82, 2.24) is 19.7 Å². The molecular weight excluding hydrogens is 332 g/mol. The highest BCUT2D eigenvalue weighted by molar-refractivity contribution is 5.93. The average Bonchev–Trinajstić information content (AvgIpc) is 3.17. The van der Waals surface area contributed by atoms with E-state index in [2.05, 4.69) is 15.1 Å². The van der Waals surface area contributed by atoms with Gasteiger partial charge in [-0.05, 0) is 38.1 Å². The number of aryl methyl sites for hydroxylation is 2. The Balaban J connectivity index is 1.79. The van der Waals surface area contributed by atoms with Gasteiger partial charge in [-0.2, -0.15) is 0 Å². The van der Waals surface area contributed by atoms with Crippen molar-refractivity contribution in [3.05, 3.63) is 53.7 Å². The van der Waals surface area contributed by atoms with Crippen molar-refractivity contribution >= 4 is 11.0 Å². The molecule has 0 bridgehead atoms. The summed E-state index contributed by atoms with van der Waals surface area (Å²) in [5, 5.41) is 16.6. The van der Waals surface area contributed by atoms with Gasteiger partial charge in [0.15, 0.2) is 5.75 Å². The molecule has 5 rings (SSSR count). The molecule has 0 aliphatic carbocycles. The summed E-state index contributed by atoms with van der Waals surface area (Å²) >= 11 is 0. The van der Waals surface area contributed by atoms with Gasteiger partial charge < -0.3 is 18.9 Å². The molecule has 7 heteroatoms. The Bertz CT molecular complexity index is 1110. The molecule has 1 aliphatic heterocycles. The van der Waals surface area contributed by atoms with E-state index in [1.54, 1.807) is 10.8 Å². The number of pyridine rings is 1. The fourth-order valence-electron chi connectivity index (χ4n) is 3.66. The van der Waals surface area contributed by atoms with Crippen LogP contribution in [-0.2, 0) is 0 Å². The molecule has 0 N–H and O–H groups in total. The van der Waals surface area contributed by atoms with Crippen molar-refractivity contribution in [2.24, 2.45) is 0 Å². The van der Waals surface area contributed by atoms with Gasteiger partial charge in [-0.15, -0.1) is 0 Å². The van der Waals surface area contributed by atoms with E-state index < -0.39 is 0 Å². The first-order chi connectivity index (χ1) is 12.6. The van der Waals surface area contributed by atoms with Crippen LogP contribution >= 0.6 is 0 Å². The molecule has 0 saturated heterocycles. The third-order valence-corrected chi connectivity index (χ3v) is 4.80. The Kier molecular flexibility index (Phi) is 3.06. The molecule has 0 fully saturated rings. The van der Waals surface area contributed by atoms with E-state index in [0.29, 0.717) is 29.2 Å². The zero-order valence-electron chi connectivity index (χ0n) is 14.3. The second-order valence-corrected chi connectivity index (χ2v) is 6.35. The minimum absolute atomic E-state index is 0.295. The molecule has 4 heterocycles. The van der Waals surface area contributed by atoms with Crippen LogP contribution in [0.3, 0.4) is 0 Å². The van der Waals surface area contributed by atoms with Crippen LogP contribution in [0.2, 0.25) is 0 Å². The van der Waals surface area contributed by atoms with Crippen LogP contribution < -0.4 is 9.84 Å². The third kappa shape index (κ3) is 1.97. The van der Waals surface area contributed by atoms with Gasteiger partial charge in [-0.3, -0.25) is 4.98 Å². The summed E-state index contributed by atoms with van der Waals surface area (Å²) in [6.45, 7) is 4.06.